The van der Waals surface area contributed by atoms with Gasteiger partial charge in [-0.05, 0) is 22.0 Å². The Balaban J connectivity index is 2.27. The first-order chi connectivity index (χ1) is 9.16. The number of carbonyl (C=O) groups is 1. The number of carboxylic acids is 1. The average molecular weight is 319 g/mol. The van der Waals surface area contributed by atoms with Crippen LogP contribution < -0.4 is 0 Å². The van der Waals surface area contributed by atoms with E-state index in [2.05, 4.69) is 31.0 Å². The molecule has 3 aromatic rings. The van der Waals surface area contributed by atoms with E-state index < -0.39 is 5.97 Å². The number of fused-ring (bicyclic) bond motifs is 1. The molecule has 0 aliphatic heterocycles. The Labute approximate surface area is 115 Å². The monoisotopic (exact) mass is 318 g/mol. The smallest absolute Gasteiger partial charge is 0.338 e. The molecule has 0 unspecified atom stereocenters. The first-order valence-electron chi connectivity index (χ1n) is 5.33. The molecule has 0 atom stereocenters. The van der Waals surface area contributed by atoms with E-state index in [0.29, 0.717) is 10.9 Å². The quantitative estimate of drug-likeness (QED) is 0.784. The van der Waals surface area contributed by atoms with Gasteiger partial charge in [-0.3, -0.25) is 9.97 Å². The maximum absolute atomic E-state index is 11.1. The largest absolute Gasteiger partial charge is 0.478 e. The molecule has 3 heterocycles. The lowest BCUT2D eigenvalue weighted by Gasteiger charge is -2.03. The Bertz CT molecular complexity index is 784. The zero-order valence-electron chi connectivity index (χ0n) is 9.49. The lowest BCUT2D eigenvalue weighted by atomic mass is 10.2. The highest BCUT2D eigenvalue weighted by Gasteiger charge is 2.13. The van der Waals surface area contributed by atoms with Gasteiger partial charge in [-0.1, -0.05) is 0 Å². The van der Waals surface area contributed by atoms with Crippen molar-refractivity contribution < 1.29 is 9.90 Å². The minimum atomic E-state index is -1.02. The molecule has 0 saturated heterocycles. The first-order valence-corrected chi connectivity index (χ1v) is 6.12. The van der Waals surface area contributed by atoms with Gasteiger partial charge in [0.1, 0.15) is 0 Å². The molecule has 0 amide bonds. The summed E-state index contributed by atoms with van der Waals surface area (Å²) in [5, 5.41) is 13.9. The number of nitrogens with zero attached hydrogens (tertiary/aromatic N) is 4. The molecule has 7 heteroatoms. The van der Waals surface area contributed by atoms with Crippen LogP contribution in [0, 0.1) is 0 Å². The van der Waals surface area contributed by atoms with Crippen molar-refractivity contribution in [2.24, 2.45) is 0 Å². The molecule has 94 valence electrons. The Hall–Kier alpha value is -2.28. The highest BCUT2D eigenvalue weighted by Crippen LogP contribution is 2.21. The molecule has 1 N–H and O–H groups in total. The summed E-state index contributed by atoms with van der Waals surface area (Å²) in [4.78, 5) is 19.1. The summed E-state index contributed by atoms with van der Waals surface area (Å²) in [5.74, 6) is -1.02. The molecule has 0 saturated carbocycles. The predicted molar refractivity (Wildman–Crippen MR) is 71.3 cm³/mol. The van der Waals surface area contributed by atoms with Crippen LogP contribution in [0.15, 0.2) is 41.5 Å². The second kappa shape index (κ2) is 4.43. The first kappa shape index (κ1) is 11.8. The fourth-order valence-electron chi connectivity index (χ4n) is 1.83. The van der Waals surface area contributed by atoms with Gasteiger partial charge >= 0.3 is 5.97 Å². The maximum Gasteiger partial charge on any atom is 0.338 e. The molecule has 0 aromatic carbocycles. The SMILES string of the molecule is O=C(O)c1cncc2c1cnn2-c1cncc(Br)c1. The van der Waals surface area contributed by atoms with Gasteiger partial charge in [0, 0.05) is 22.3 Å². The fourth-order valence-corrected chi connectivity index (χ4v) is 2.19. The van der Waals surface area contributed by atoms with Crippen LogP contribution in [0.1, 0.15) is 10.4 Å². The van der Waals surface area contributed by atoms with E-state index in [0.717, 1.165) is 10.2 Å². The highest BCUT2D eigenvalue weighted by atomic mass is 79.9. The van der Waals surface area contributed by atoms with E-state index >= 15 is 0 Å². The minimum absolute atomic E-state index is 0.131. The second-order valence-electron chi connectivity index (χ2n) is 3.84. The predicted octanol–water partition coefficient (Wildman–Crippen LogP) is 2.28. The molecule has 3 aromatic heterocycles. The van der Waals surface area contributed by atoms with Crippen molar-refractivity contribution in [2.45, 2.75) is 0 Å². The van der Waals surface area contributed by atoms with E-state index in [-0.39, 0.29) is 5.56 Å². The summed E-state index contributed by atoms with van der Waals surface area (Å²) in [6.45, 7) is 0. The standard InChI is InChI=1S/C12H7BrN4O2/c13-7-1-8(3-14-2-7)17-11-6-15-4-10(12(18)19)9(11)5-16-17/h1-6H,(H,18,19). The van der Waals surface area contributed by atoms with Crippen molar-refractivity contribution in [3.8, 4) is 5.69 Å². The Morgan fingerprint density at radius 1 is 1.16 bits per heavy atom. The molecule has 0 spiro atoms. The minimum Gasteiger partial charge on any atom is -0.478 e. The van der Waals surface area contributed by atoms with Crippen molar-refractivity contribution >= 4 is 32.8 Å². The van der Waals surface area contributed by atoms with Crippen LogP contribution in [0.4, 0.5) is 0 Å². The molecule has 19 heavy (non-hydrogen) atoms. The van der Waals surface area contributed by atoms with Gasteiger partial charge in [-0.2, -0.15) is 5.10 Å². The van der Waals surface area contributed by atoms with E-state index in [4.69, 9.17) is 5.11 Å². The Kier molecular flexibility index (Phi) is 2.75. The van der Waals surface area contributed by atoms with Gasteiger partial charge in [0.05, 0.1) is 35.4 Å². The molecular formula is C12H7BrN4O2. The molecule has 0 radical (unpaired) electrons. The van der Waals surface area contributed by atoms with Gasteiger partial charge in [0.25, 0.3) is 0 Å². The third-order valence-electron chi connectivity index (χ3n) is 2.66. The van der Waals surface area contributed by atoms with Crippen molar-refractivity contribution in [1.29, 1.82) is 0 Å². The molecule has 6 nitrogen and oxygen atoms in total. The van der Waals surface area contributed by atoms with Crippen LogP contribution in [-0.2, 0) is 0 Å². The number of aromatic carboxylic acids is 1. The highest BCUT2D eigenvalue weighted by molar-refractivity contribution is 9.10. The summed E-state index contributed by atoms with van der Waals surface area (Å²) in [5.41, 5.74) is 1.49. The fraction of sp³-hybridized carbons (Fsp3) is 0. The third kappa shape index (κ3) is 1.97. The molecule has 3 rings (SSSR count). The van der Waals surface area contributed by atoms with Gasteiger partial charge in [0.2, 0.25) is 0 Å². The average Bonchev–Trinajstić information content (AvgIpc) is 2.82. The summed E-state index contributed by atoms with van der Waals surface area (Å²) < 4.78 is 2.42. The lowest BCUT2D eigenvalue weighted by Crippen LogP contribution is -2.00. The number of carboxylic acid groups (broad SMARTS) is 1. The Morgan fingerprint density at radius 3 is 2.68 bits per heavy atom. The molecule has 0 aliphatic rings. The van der Waals surface area contributed by atoms with Gasteiger partial charge in [-0.25, -0.2) is 9.48 Å². The molecule has 0 bridgehead atoms. The van der Waals surface area contributed by atoms with Crippen LogP contribution >= 0.6 is 15.9 Å². The zero-order valence-corrected chi connectivity index (χ0v) is 11.1. The van der Waals surface area contributed by atoms with Gasteiger partial charge in [-0.15, -0.1) is 0 Å². The van der Waals surface area contributed by atoms with Crippen molar-refractivity contribution in [1.82, 2.24) is 19.7 Å². The van der Waals surface area contributed by atoms with Gasteiger partial charge in [0.15, 0.2) is 0 Å². The number of hydrogen-bond acceptors (Lipinski definition) is 4. The normalized spacial score (nSPS) is 10.8. The number of rotatable bonds is 2. The van der Waals surface area contributed by atoms with Crippen LogP contribution in [0.25, 0.3) is 16.6 Å². The summed E-state index contributed by atoms with van der Waals surface area (Å²) in [6, 6.07) is 1.84. The summed E-state index contributed by atoms with van der Waals surface area (Å²) in [6.07, 6.45) is 7.72. The van der Waals surface area contributed by atoms with E-state index in [1.54, 1.807) is 23.3 Å². The molecule has 0 fully saturated rings. The third-order valence-corrected chi connectivity index (χ3v) is 3.10. The van der Waals surface area contributed by atoms with E-state index in [9.17, 15) is 4.79 Å². The van der Waals surface area contributed by atoms with Crippen molar-refractivity contribution in [2.75, 3.05) is 0 Å². The number of aromatic nitrogens is 4. The molecule has 0 aliphatic carbocycles. The lowest BCUT2D eigenvalue weighted by molar-refractivity contribution is 0.0698. The van der Waals surface area contributed by atoms with Crippen molar-refractivity contribution in [3.05, 3.63) is 47.1 Å². The second-order valence-corrected chi connectivity index (χ2v) is 4.76. The Morgan fingerprint density at radius 2 is 1.95 bits per heavy atom. The van der Waals surface area contributed by atoms with Crippen LogP contribution in [-0.4, -0.2) is 30.8 Å². The maximum atomic E-state index is 11.1. The molecular weight excluding hydrogens is 312 g/mol. The number of hydrogen-bond donors (Lipinski definition) is 1. The summed E-state index contributed by atoms with van der Waals surface area (Å²) >= 11 is 3.34. The van der Waals surface area contributed by atoms with Crippen molar-refractivity contribution in [3.63, 3.8) is 0 Å². The van der Waals surface area contributed by atoms with Crippen LogP contribution in [0.5, 0.6) is 0 Å². The van der Waals surface area contributed by atoms with Crippen LogP contribution in [0.3, 0.4) is 0 Å². The van der Waals surface area contributed by atoms with E-state index in [1.807, 2.05) is 6.07 Å². The number of halogens is 1. The van der Waals surface area contributed by atoms with Gasteiger partial charge < -0.3 is 5.11 Å². The number of pyridine rings is 2. The topological polar surface area (TPSA) is 80.9 Å². The summed E-state index contributed by atoms with van der Waals surface area (Å²) in [7, 11) is 0. The van der Waals surface area contributed by atoms with E-state index in [1.165, 1.54) is 12.4 Å². The zero-order chi connectivity index (χ0) is 13.4. The van der Waals surface area contributed by atoms with Crippen LogP contribution in [0.2, 0.25) is 0 Å².